The van der Waals surface area contributed by atoms with Gasteiger partial charge in [-0.1, -0.05) is 50.3 Å². The molecule has 0 aromatic carbocycles. The molecule has 0 aromatic rings. The molecular weight excluding hydrogens is 132 g/mol. The number of allylic oxidation sites excluding steroid dienone is 5. The van der Waals surface area contributed by atoms with Crippen molar-refractivity contribution < 1.29 is 0 Å². The minimum atomic E-state index is 0.286. The Morgan fingerprint density at radius 2 is 1.73 bits per heavy atom. The molecule has 11 heavy (non-hydrogen) atoms. The third-order valence-corrected chi connectivity index (χ3v) is 3.11. The van der Waals surface area contributed by atoms with Crippen molar-refractivity contribution in [1.29, 1.82) is 0 Å². The summed E-state index contributed by atoms with van der Waals surface area (Å²) in [7, 11) is 0. The summed E-state index contributed by atoms with van der Waals surface area (Å²) in [5.74, 6) is 1.09. The van der Waals surface area contributed by atoms with Crippen LogP contribution in [0.2, 0.25) is 0 Å². The molecule has 0 atom stereocenters. The smallest absolute Gasteiger partial charge is 0.0160 e. The molecule has 0 N–H and O–H groups in total. The van der Waals surface area contributed by atoms with Gasteiger partial charge in [0.1, 0.15) is 0 Å². The first kappa shape index (κ1) is 6.90. The standard InChI is InChI=1S/C11H14/c1-8-9-4-6-10(7-5-9)11(8,2)3/h4-7,9-10H,1H2,2-3H3. The van der Waals surface area contributed by atoms with Crippen molar-refractivity contribution >= 4 is 0 Å². The van der Waals surface area contributed by atoms with Crippen molar-refractivity contribution in [2.45, 2.75) is 13.8 Å². The van der Waals surface area contributed by atoms with Gasteiger partial charge in [-0.2, -0.15) is 0 Å². The van der Waals surface area contributed by atoms with Crippen LogP contribution in [0.5, 0.6) is 0 Å². The van der Waals surface area contributed by atoms with E-state index in [0.29, 0.717) is 11.8 Å². The largest absolute Gasteiger partial charge is 0.0984 e. The third-order valence-electron chi connectivity index (χ3n) is 3.11. The fourth-order valence-electron chi connectivity index (χ4n) is 1.96. The summed E-state index contributed by atoms with van der Waals surface area (Å²) in [6, 6.07) is 0. The average molecular weight is 146 g/mol. The molecule has 0 saturated carbocycles. The van der Waals surface area contributed by atoms with Crippen molar-refractivity contribution in [3.05, 3.63) is 36.5 Å². The van der Waals surface area contributed by atoms with Crippen molar-refractivity contribution in [1.82, 2.24) is 0 Å². The van der Waals surface area contributed by atoms with Gasteiger partial charge in [0.15, 0.2) is 0 Å². The molecule has 0 amide bonds. The maximum Gasteiger partial charge on any atom is 0.0160 e. The first-order chi connectivity index (χ1) is 5.12. The molecule has 2 bridgehead atoms. The molecule has 0 heterocycles. The normalized spacial score (nSPS) is 38.2. The highest BCUT2D eigenvalue weighted by Gasteiger charge is 2.37. The fraction of sp³-hybridized carbons (Fsp3) is 0.455. The summed E-state index contributed by atoms with van der Waals surface area (Å²) in [5.41, 5.74) is 1.65. The van der Waals surface area contributed by atoms with E-state index in [1.807, 2.05) is 0 Å². The van der Waals surface area contributed by atoms with E-state index in [0.717, 1.165) is 0 Å². The summed E-state index contributed by atoms with van der Waals surface area (Å²) in [6.45, 7) is 8.70. The van der Waals surface area contributed by atoms with Gasteiger partial charge in [-0.3, -0.25) is 0 Å². The maximum absolute atomic E-state index is 4.15. The van der Waals surface area contributed by atoms with Crippen molar-refractivity contribution in [3.63, 3.8) is 0 Å². The zero-order valence-corrected chi connectivity index (χ0v) is 7.17. The van der Waals surface area contributed by atoms with Gasteiger partial charge in [-0.05, 0) is 5.41 Å². The van der Waals surface area contributed by atoms with Gasteiger partial charge in [0.25, 0.3) is 0 Å². The highest BCUT2D eigenvalue weighted by molar-refractivity contribution is 5.36. The molecule has 0 radical (unpaired) electrons. The summed E-state index contributed by atoms with van der Waals surface area (Å²) in [4.78, 5) is 0. The Morgan fingerprint density at radius 3 is 2.00 bits per heavy atom. The fourth-order valence-corrected chi connectivity index (χ4v) is 1.96. The van der Waals surface area contributed by atoms with Crippen molar-refractivity contribution in [2.24, 2.45) is 17.3 Å². The molecule has 0 saturated heterocycles. The zero-order valence-electron chi connectivity index (χ0n) is 7.17. The van der Waals surface area contributed by atoms with Crippen LogP contribution in [-0.4, -0.2) is 0 Å². The number of hydrogen-bond acceptors (Lipinski definition) is 0. The molecule has 3 aliphatic carbocycles. The van der Waals surface area contributed by atoms with Gasteiger partial charge in [-0.25, -0.2) is 0 Å². The minimum absolute atomic E-state index is 0.286. The Kier molecular flexibility index (Phi) is 1.18. The van der Waals surface area contributed by atoms with E-state index >= 15 is 0 Å². The van der Waals surface area contributed by atoms with Gasteiger partial charge < -0.3 is 0 Å². The predicted octanol–water partition coefficient (Wildman–Crippen LogP) is 2.94. The van der Waals surface area contributed by atoms with E-state index in [9.17, 15) is 0 Å². The third kappa shape index (κ3) is 0.756. The first-order valence-electron chi connectivity index (χ1n) is 4.18. The van der Waals surface area contributed by atoms with Crippen LogP contribution >= 0.6 is 0 Å². The lowest BCUT2D eigenvalue weighted by atomic mass is 9.62. The van der Waals surface area contributed by atoms with Crippen LogP contribution in [0, 0.1) is 17.3 Å². The zero-order chi connectivity index (χ0) is 8.06. The molecule has 58 valence electrons. The molecule has 3 aliphatic rings. The van der Waals surface area contributed by atoms with Crippen molar-refractivity contribution in [3.8, 4) is 0 Å². The Labute approximate surface area is 68.3 Å². The van der Waals surface area contributed by atoms with Crippen LogP contribution in [-0.2, 0) is 0 Å². The topological polar surface area (TPSA) is 0 Å². The molecular formula is C11H14. The van der Waals surface area contributed by atoms with E-state index in [4.69, 9.17) is 0 Å². The molecule has 0 aromatic heterocycles. The molecule has 3 rings (SSSR count). The van der Waals surface area contributed by atoms with E-state index in [1.54, 1.807) is 0 Å². The summed E-state index contributed by atoms with van der Waals surface area (Å²) >= 11 is 0. The maximum atomic E-state index is 4.15. The highest BCUT2D eigenvalue weighted by atomic mass is 14.4. The summed E-state index contributed by atoms with van der Waals surface area (Å²) in [5, 5.41) is 0. The Balaban J connectivity index is 2.50. The second-order valence-electron chi connectivity index (χ2n) is 4.07. The molecule has 0 aliphatic heterocycles. The lowest BCUT2D eigenvalue weighted by Gasteiger charge is -2.42. The molecule has 0 fully saturated rings. The first-order valence-corrected chi connectivity index (χ1v) is 4.18. The second-order valence-corrected chi connectivity index (χ2v) is 4.07. The lowest BCUT2D eigenvalue weighted by Crippen LogP contribution is -2.32. The van der Waals surface area contributed by atoms with Crippen LogP contribution in [0.25, 0.3) is 0 Å². The van der Waals surface area contributed by atoms with E-state index in [1.165, 1.54) is 5.57 Å². The minimum Gasteiger partial charge on any atom is -0.0984 e. The Hall–Kier alpha value is -0.780. The Morgan fingerprint density at radius 1 is 1.18 bits per heavy atom. The SMILES string of the molecule is C=C1C2C=CC(C=C2)C1(C)C. The number of rotatable bonds is 0. The Bertz CT molecular complexity index is 239. The molecule has 0 unspecified atom stereocenters. The second kappa shape index (κ2) is 1.88. The molecule has 0 spiro atoms. The van der Waals surface area contributed by atoms with Crippen molar-refractivity contribution in [2.75, 3.05) is 0 Å². The van der Waals surface area contributed by atoms with Crippen LogP contribution in [0.3, 0.4) is 0 Å². The monoisotopic (exact) mass is 146 g/mol. The molecule has 0 heteroatoms. The van der Waals surface area contributed by atoms with Crippen LogP contribution in [0.1, 0.15) is 13.8 Å². The summed E-state index contributed by atoms with van der Waals surface area (Å²) in [6.07, 6.45) is 9.13. The van der Waals surface area contributed by atoms with Crippen LogP contribution < -0.4 is 0 Å². The van der Waals surface area contributed by atoms with Crippen LogP contribution in [0.15, 0.2) is 36.5 Å². The number of fused-ring (bicyclic) bond motifs is 1. The van der Waals surface area contributed by atoms with Gasteiger partial charge in [0, 0.05) is 11.8 Å². The van der Waals surface area contributed by atoms with Gasteiger partial charge in [0.2, 0.25) is 0 Å². The molecule has 0 nitrogen and oxygen atoms in total. The lowest BCUT2D eigenvalue weighted by molar-refractivity contribution is 0.327. The van der Waals surface area contributed by atoms with Crippen LogP contribution in [0.4, 0.5) is 0 Å². The van der Waals surface area contributed by atoms with E-state index in [2.05, 4.69) is 44.7 Å². The highest BCUT2D eigenvalue weighted by Crippen LogP contribution is 2.47. The summed E-state index contributed by atoms with van der Waals surface area (Å²) < 4.78 is 0. The quantitative estimate of drug-likeness (QED) is 0.461. The average Bonchev–Trinajstić information content (AvgIpc) is 2.01. The van der Waals surface area contributed by atoms with E-state index in [-0.39, 0.29) is 5.41 Å². The number of hydrogen-bond donors (Lipinski definition) is 0. The van der Waals surface area contributed by atoms with Gasteiger partial charge in [0.05, 0.1) is 0 Å². The van der Waals surface area contributed by atoms with Gasteiger partial charge >= 0.3 is 0 Å². The van der Waals surface area contributed by atoms with E-state index < -0.39 is 0 Å². The van der Waals surface area contributed by atoms with Gasteiger partial charge in [-0.15, -0.1) is 0 Å². The predicted molar refractivity (Wildman–Crippen MR) is 48.2 cm³/mol.